The Hall–Kier alpha value is -2.91. The van der Waals surface area contributed by atoms with Crippen molar-refractivity contribution in [3.63, 3.8) is 0 Å². The van der Waals surface area contributed by atoms with Gasteiger partial charge in [-0.3, -0.25) is 9.59 Å². The van der Waals surface area contributed by atoms with E-state index in [0.29, 0.717) is 5.56 Å². The van der Waals surface area contributed by atoms with Crippen LogP contribution >= 0.6 is 0 Å². The second-order valence-corrected chi connectivity index (χ2v) is 9.99. The maximum atomic E-state index is 12.7. The molecule has 2 atom stereocenters. The topological polar surface area (TPSA) is 122 Å². The molecule has 0 aliphatic rings. The van der Waals surface area contributed by atoms with E-state index >= 15 is 0 Å². The Kier molecular flexibility index (Phi) is 8.03. The van der Waals surface area contributed by atoms with Crippen LogP contribution in [0.3, 0.4) is 0 Å². The number of rotatable bonds is 8. The first-order valence-corrected chi connectivity index (χ1v) is 11.5. The monoisotopic (exact) mass is 463 g/mol. The summed E-state index contributed by atoms with van der Waals surface area (Å²) in [6.07, 6.45) is -0.422. The van der Waals surface area contributed by atoms with Crippen LogP contribution in [0.15, 0.2) is 59.5 Å². The highest BCUT2D eigenvalue weighted by Gasteiger charge is 2.36. The molecular weight excluding hydrogens is 434 g/mol. The van der Waals surface area contributed by atoms with E-state index in [1.54, 1.807) is 52.8 Å². The predicted molar refractivity (Wildman–Crippen MR) is 118 cm³/mol. The van der Waals surface area contributed by atoms with Crippen molar-refractivity contribution in [2.75, 3.05) is 0 Å². The van der Waals surface area contributed by atoms with Gasteiger partial charge in [-0.25, -0.2) is 0 Å². The molecule has 32 heavy (non-hydrogen) atoms. The summed E-state index contributed by atoms with van der Waals surface area (Å²) in [5.74, 6) is -2.55. The lowest BCUT2D eigenvalue weighted by Crippen LogP contribution is -2.45. The minimum Gasteiger partial charge on any atom is -0.462 e. The van der Waals surface area contributed by atoms with Gasteiger partial charge in [0, 0.05) is 0 Å². The molecule has 0 bridgehead atoms. The molecule has 174 valence electrons. The van der Waals surface area contributed by atoms with Crippen LogP contribution in [0.4, 0.5) is 0 Å². The molecule has 8 nitrogen and oxygen atoms in total. The second-order valence-electron chi connectivity index (χ2n) is 8.44. The Morgan fingerprint density at radius 2 is 1.47 bits per heavy atom. The summed E-state index contributed by atoms with van der Waals surface area (Å²) in [6, 6.07) is 12.1. The number of hydrogen-bond acceptors (Lipinski definition) is 8. The Balaban J connectivity index is 2.30. The molecule has 0 fully saturated rings. The fraction of sp³-hybridized carbons (Fsp3) is 0.391. The maximum Gasteiger partial charge on any atom is 0.339 e. The summed E-state index contributed by atoms with van der Waals surface area (Å²) in [7, 11) is -4.02. The van der Waals surface area contributed by atoms with Gasteiger partial charge in [0.1, 0.15) is 28.2 Å². The zero-order valence-electron chi connectivity index (χ0n) is 18.8. The van der Waals surface area contributed by atoms with Crippen molar-refractivity contribution in [2.45, 2.75) is 63.2 Å². The fourth-order valence-electron chi connectivity index (χ4n) is 2.79. The molecular formula is C23H29NO7S. The van der Waals surface area contributed by atoms with E-state index in [2.05, 4.69) is 0 Å². The Labute approximate surface area is 188 Å². The van der Waals surface area contributed by atoms with Gasteiger partial charge in [0.2, 0.25) is 0 Å². The van der Waals surface area contributed by atoms with Crippen molar-refractivity contribution in [3.8, 4) is 5.75 Å². The summed E-state index contributed by atoms with van der Waals surface area (Å²) in [6.45, 7) is 8.44. The number of esters is 2. The van der Waals surface area contributed by atoms with E-state index in [0.717, 1.165) is 0 Å². The Morgan fingerprint density at radius 1 is 0.906 bits per heavy atom. The van der Waals surface area contributed by atoms with Gasteiger partial charge in [0.25, 0.3) is 0 Å². The summed E-state index contributed by atoms with van der Waals surface area (Å²) in [5.41, 5.74) is 5.66. The molecule has 2 N–H and O–H groups in total. The standard InChI is InChI=1S/C23H29NO7S/c1-15(2)29-21(25)19(20(24)22(26)30-23(3,4)5)16-11-13-17(14-12-16)31-32(27,28)18-9-7-6-8-10-18/h6-15,19-20H,24H2,1-5H3. The van der Waals surface area contributed by atoms with Gasteiger partial charge in [-0.1, -0.05) is 30.3 Å². The van der Waals surface area contributed by atoms with Crippen LogP contribution in [-0.2, 0) is 29.2 Å². The van der Waals surface area contributed by atoms with Crippen LogP contribution in [0.2, 0.25) is 0 Å². The van der Waals surface area contributed by atoms with E-state index in [4.69, 9.17) is 19.4 Å². The third kappa shape index (κ3) is 7.06. The molecule has 2 unspecified atom stereocenters. The van der Waals surface area contributed by atoms with Crippen LogP contribution in [0.1, 0.15) is 46.1 Å². The van der Waals surface area contributed by atoms with Crippen LogP contribution in [0.25, 0.3) is 0 Å². The van der Waals surface area contributed by atoms with Crippen LogP contribution in [0, 0.1) is 0 Å². The van der Waals surface area contributed by atoms with Gasteiger partial charge in [0.05, 0.1) is 6.10 Å². The third-order valence-electron chi connectivity index (χ3n) is 4.12. The summed E-state index contributed by atoms with van der Waals surface area (Å²) >= 11 is 0. The molecule has 0 aliphatic carbocycles. The number of hydrogen-bond donors (Lipinski definition) is 1. The van der Waals surface area contributed by atoms with Crippen LogP contribution < -0.4 is 9.92 Å². The third-order valence-corrected chi connectivity index (χ3v) is 5.38. The van der Waals surface area contributed by atoms with E-state index in [1.807, 2.05) is 0 Å². The number of benzene rings is 2. The smallest absolute Gasteiger partial charge is 0.339 e. The molecule has 0 aliphatic heterocycles. The van der Waals surface area contributed by atoms with E-state index < -0.39 is 45.7 Å². The highest BCUT2D eigenvalue weighted by atomic mass is 32.2. The van der Waals surface area contributed by atoms with Crippen molar-refractivity contribution in [2.24, 2.45) is 5.73 Å². The highest BCUT2D eigenvalue weighted by molar-refractivity contribution is 7.87. The molecule has 2 aromatic carbocycles. The van der Waals surface area contributed by atoms with Gasteiger partial charge in [-0.2, -0.15) is 8.42 Å². The maximum absolute atomic E-state index is 12.7. The van der Waals surface area contributed by atoms with Gasteiger partial charge in [-0.15, -0.1) is 0 Å². The normalized spacial score (nSPS) is 13.8. The second kappa shape index (κ2) is 10.1. The van der Waals surface area contributed by atoms with Gasteiger partial charge >= 0.3 is 22.1 Å². The average molecular weight is 464 g/mol. The Bertz CT molecular complexity index is 1030. The number of carbonyl (C=O) groups excluding carboxylic acids is 2. The lowest BCUT2D eigenvalue weighted by molar-refractivity contribution is -0.162. The Morgan fingerprint density at radius 3 is 1.97 bits per heavy atom. The van der Waals surface area contributed by atoms with Crippen LogP contribution in [0.5, 0.6) is 5.75 Å². The molecule has 0 spiro atoms. The van der Waals surface area contributed by atoms with Crippen molar-refractivity contribution in [3.05, 3.63) is 60.2 Å². The molecule has 0 saturated heterocycles. The zero-order chi connectivity index (χ0) is 24.1. The average Bonchev–Trinajstić information content (AvgIpc) is 2.68. The number of carbonyl (C=O) groups is 2. The lowest BCUT2D eigenvalue weighted by Gasteiger charge is -2.26. The summed E-state index contributed by atoms with van der Waals surface area (Å²) < 4.78 is 40.6. The fourth-order valence-corrected chi connectivity index (χ4v) is 3.75. The number of nitrogens with two attached hydrogens (primary N) is 1. The largest absolute Gasteiger partial charge is 0.462 e. The van der Waals surface area contributed by atoms with Crippen molar-refractivity contribution >= 4 is 22.1 Å². The molecule has 2 rings (SSSR count). The highest BCUT2D eigenvalue weighted by Crippen LogP contribution is 2.27. The van der Waals surface area contributed by atoms with E-state index in [-0.39, 0.29) is 10.6 Å². The number of ether oxygens (including phenoxy) is 2. The van der Waals surface area contributed by atoms with E-state index in [1.165, 1.54) is 36.4 Å². The quantitative estimate of drug-likeness (QED) is 0.468. The minimum atomic E-state index is -4.02. The molecule has 0 amide bonds. The lowest BCUT2D eigenvalue weighted by atomic mass is 9.91. The van der Waals surface area contributed by atoms with Gasteiger partial charge in [-0.05, 0) is 64.4 Å². The molecule has 2 aromatic rings. The first kappa shape index (κ1) is 25.4. The van der Waals surface area contributed by atoms with Crippen molar-refractivity contribution < 1.29 is 31.7 Å². The van der Waals surface area contributed by atoms with E-state index in [9.17, 15) is 18.0 Å². The van der Waals surface area contributed by atoms with Gasteiger partial charge in [0.15, 0.2) is 0 Å². The first-order valence-electron chi connectivity index (χ1n) is 10.1. The first-order chi connectivity index (χ1) is 14.8. The molecule has 0 heterocycles. The minimum absolute atomic E-state index is 0.00871. The summed E-state index contributed by atoms with van der Waals surface area (Å²) in [5, 5.41) is 0. The summed E-state index contributed by atoms with van der Waals surface area (Å²) in [4.78, 5) is 25.3. The molecule has 0 radical (unpaired) electrons. The van der Waals surface area contributed by atoms with Crippen molar-refractivity contribution in [1.82, 2.24) is 0 Å². The SMILES string of the molecule is CC(C)OC(=O)C(c1ccc(OS(=O)(=O)c2ccccc2)cc1)C(N)C(=O)OC(C)(C)C. The predicted octanol–water partition coefficient (Wildman–Crippen LogP) is 3.16. The molecule has 0 saturated carbocycles. The van der Waals surface area contributed by atoms with Crippen molar-refractivity contribution in [1.29, 1.82) is 0 Å². The van der Waals surface area contributed by atoms with Crippen LogP contribution in [-0.4, -0.2) is 38.1 Å². The van der Waals surface area contributed by atoms with Gasteiger partial charge < -0.3 is 19.4 Å². The molecule has 9 heteroatoms. The zero-order valence-corrected chi connectivity index (χ0v) is 19.6. The molecule has 0 aromatic heterocycles.